The first-order valence-corrected chi connectivity index (χ1v) is 13.5. The van der Waals surface area contributed by atoms with Gasteiger partial charge in [-0.05, 0) is 42.8 Å². The first kappa shape index (κ1) is 25.2. The average Bonchev–Trinajstić information content (AvgIpc) is 3.26. The largest absolute Gasteiger partial charge is 0.437 e. The lowest BCUT2D eigenvalue weighted by Gasteiger charge is -2.23. The second-order valence-corrected chi connectivity index (χ2v) is 12.6. The van der Waals surface area contributed by atoms with Crippen molar-refractivity contribution in [2.75, 3.05) is 0 Å². The van der Waals surface area contributed by atoms with Crippen LogP contribution in [0.1, 0.15) is 58.6 Å². The molecular weight excluding hydrogens is 480 g/mol. The van der Waals surface area contributed by atoms with E-state index in [0.717, 1.165) is 56.1 Å². The van der Waals surface area contributed by atoms with Gasteiger partial charge in [-0.3, -0.25) is 0 Å². The normalized spacial score (nSPS) is 12.6. The Hall–Kier alpha value is -4.12. The Labute approximate surface area is 229 Å². The Bertz CT molecular complexity index is 1870. The van der Waals surface area contributed by atoms with Gasteiger partial charge < -0.3 is 4.42 Å². The van der Waals surface area contributed by atoms with Crippen molar-refractivity contribution in [2.24, 2.45) is 7.05 Å². The zero-order valence-corrected chi connectivity index (χ0v) is 24.0. The Morgan fingerprint density at radius 1 is 0.718 bits per heavy atom. The highest BCUT2D eigenvalue weighted by molar-refractivity contribution is 6.09. The van der Waals surface area contributed by atoms with Gasteiger partial charge in [-0.2, -0.15) is 4.57 Å². The highest BCUT2D eigenvalue weighted by Crippen LogP contribution is 2.38. The van der Waals surface area contributed by atoms with Crippen LogP contribution in [0.25, 0.3) is 55.6 Å². The Kier molecular flexibility index (Phi) is 5.62. The smallest absolute Gasteiger partial charge is 0.227 e. The number of fused-ring (bicyclic) bond motifs is 4. The van der Waals surface area contributed by atoms with Crippen molar-refractivity contribution in [1.82, 2.24) is 15.0 Å². The second kappa shape index (κ2) is 8.70. The standard InChI is InChI=1S/C34H35N4O/c1-20-13-15-22-23-16-17-24(25-19-28(33(2,3)4)37-32(36-25)34(5,6)7)35-31(23)39-30(22)29(20)27-18-14-21-11-9-10-12-26(21)38(27)8/h9-19H,1-8H3/q+1. The van der Waals surface area contributed by atoms with Gasteiger partial charge in [0.2, 0.25) is 16.9 Å². The lowest BCUT2D eigenvalue weighted by molar-refractivity contribution is -0.633. The molecule has 4 aromatic heterocycles. The van der Waals surface area contributed by atoms with Crippen LogP contribution in [0.15, 0.2) is 71.1 Å². The summed E-state index contributed by atoms with van der Waals surface area (Å²) in [6, 6.07) is 23.3. The highest BCUT2D eigenvalue weighted by Gasteiger charge is 2.26. The summed E-state index contributed by atoms with van der Waals surface area (Å²) < 4.78 is 8.82. The molecule has 6 rings (SSSR count). The maximum absolute atomic E-state index is 6.58. The van der Waals surface area contributed by atoms with Crippen LogP contribution in [0.3, 0.4) is 0 Å². The molecule has 2 aromatic carbocycles. The van der Waals surface area contributed by atoms with Crippen molar-refractivity contribution < 1.29 is 8.98 Å². The van der Waals surface area contributed by atoms with Gasteiger partial charge in [0.15, 0.2) is 5.58 Å². The fourth-order valence-electron chi connectivity index (χ4n) is 5.17. The molecule has 0 aliphatic carbocycles. The van der Waals surface area contributed by atoms with E-state index < -0.39 is 0 Å². The van der Waals surface area contributed by atoms with Crippen LogP contribution in [0.4, 0.5) is 0 Å². The fourth-order valence-corrected chi connectivity index (χ4v) is 5.17. The molecule has 0 atom stereocenters. The molecule has 6 aromatic rings. The first-order valence-electron chi connectivity index (χ1n) is 13.5. The van der Waals surface area contributed by atoms with E-state index in [9.17, 15) is 0 Å². The molecule has 0 N–H and O–H groups in total. The molecule has 0 aliphatic heterocycles. The summed E-state index contributed by atoms with van der Waals surface area (Å²) in [6.07, 6.45) is 0. The van der Waals surface area contributed by atoms with E-state index in [0.29, 0.717) is 5.71 Å². The lowest BCUT2D eigenvalue weighted by Crippen LogP contribution is -2.32. The molecule has 39 heavy (non-hydrogen) atoms. The number of nitrogens with zero attached hydrogens (tertiary/aromatic N) is 4. The molecule has 5 heteroatoms. The van der Waals surface area contributed by atoms with Crippen LogP contribution in [0, 0.1) is 6.92 Å². The molecule has 0 fully saturated rings. The van der Waals surface area contributed by atoms with Crippen LogP contribution in [0.5, 0.6) is 0 Å². The van der Waals surface area contributed by atoms with E-state index in [1.54, 1.807) is 0 Å². The molecule has 0 bridgehead atoms. The summed E-state index contributed by atoms with van der Waals surface area (Å²) in [5.41, 5.74) is 8.33. The van der Waals surface area contributed by atoms with E-state index in [1.165, 1.54) is 10.9 Å². The van der Waals surface area contributed by atoms with Crippen LogP contribution in [-0.4, -0.2) is 15.0 Å². The quantitative estimate of drug-likeness (QED) is 0.219. The van der Waals surface area contributed by atoms with E-state index in [4.69, 9.17) is 19.4 Å². The maximum atomic E-state index is 6.58. The van der Waals surface area contributed by atoms with Gasteiger partial charge in [0.1, 0.15) is 12.9 Å². The van der Waals surface area contributed by atoms with Gasteiger partial charge >= 0.3 is 0 Å². The van der Waals surface area contributed by atoms with Crippen molar-refractivity contribution in [3.63, 3.8) is 0 Å². The predicted octanol–water partition coefficient (Wildman–Crippen LogP) is 7.99. The minimum Gasteiger partial charge on any atom is -0.437 e. The SMILES string of the molecule is Cc1ccc2c(oc3nc(-c4cc(C(C)(C)C)nc(C(C)(C)C)n4)ccc32)c1-c1ccc2ccccc2[n+]1C. The van der Waals surface area contributed by atoms with E-state index in [1.807, 2.05) is 6.07 Å². The third kappa shape index (κ3) is 4.26. The van der Waals surface area contributed by atoms with Crippen molar-refractivity contribution in [3.05, 3.63) is 83.8 Å². The number of benzene rings is 2. The van der Waals surface area contributed by atoms with Crippen LogP contribution >= 0.6 is 0 Å². The van der Waals surface area contributed by atoms with Crippen molar-refractivity contribution in [1.29, 1.82) is 0 Å². The number of aromatic nitrogens is 4. The van der Waals surface area contributed by atoms with Crippen molar-refractivity contribution in [3.8, 4) is 22.6 Å². The van der Waals surface area contributed by atoms with Crippen molar-refractivity contribution in [2.45, 2.75) is 59.3 Å². The van der Waals surface area contributed by atoms with Gasteiger partial charge in [0.05, 0.1) is 22.6 Å². The van der Waals surface area contributed by atoms with Gasteiger partial charge in [0.25, 0.3) is 0 Å². The highest BCUT2D eigenvalue weighted by atomic mass is 16.3. The molecule has 0 radical (unpaired) electrons. The summed E-state index contributed by atoms with van der Waals surface area (Å²) in [4.78, 5) is 14.9. The molecule has 0 saturated heterocycles. The zero-order valence-electron chi connectivity index (χ0n) is 24.0. The van der Waals surface area contributed by atoms with Crippen molar-refractivity contribution >= 4 is 33.0 Å². The Morgan fingerprint density at radius 2 is 1.46 bits per heavy atom. The molecule has 0 spiro atoms. The topological polar surface area (TPSA) is 55.7 Å². The average molecular weight is 516 g/mol. The molecule has 0 aliphatic rings. The minimum atomic E-state index is -0.179. The van der Waals surface area contributed by atoms with Gasteiger partial charge in [-0.25, -0.2) is 15.0 Å². The maximum Gasteiger partial charge on any atom is 0.227 e. The second-order valence-electron chi connectivity index (χ2n) is 12.6. The molecular formula is C34H35N4O+. The number of hydrogen-bond donors (Lipinski definition) is 0. The lowest BCUT2D eigenvalue weighted by atomic mass is 9.89. The fraction of sp³-hybridized carbons (Fsp3) is 0.294. The monoisotopic (exact) mass is 515 g/mol. The van der Waals surface area contributed by atoms with Crippen LogP contribution in [-0.2, 0) is 17.9 Å². The molecule has 0 unspecified atom stereocenters. The van der Waals surface area contributed by atoms with Gasteiger partial charge in [-0.1, -0.05) is 65.8 Å². The van der Waals surface area contributed by atoms with E-state index in [2.05, 4.69) is 121 Å². The van der Waals surface area contributed by atoms with Gasteiger partial charge in [-0.15, -0.1) is 0 Å². The number of para-hydroxylation sites is 1. The minimum absolute atomic E-state index is 0.108. The molecule has 0 amide bonds. The van der Waals surface area contributed by atoms with Crippen LogP contribution in [0.2, 0.25) is 0 Å². The first-order chi connectivity index (χ1) is 18.4. The third-order valence-corrected chi connectivity index (χ3v) is 7.48. The van der Waals surface area contributed by atoms with Crippen LogP contribution < -0.4 is 4.57 Å². The summed E-state index contributed by atoms with van der Waals surface area (Å²) in [5.74, 6) is 0.818. The third-order valence-electron chi connectivity index (χ3n) is 7.48. The molecule has 0 saturated carbocycles. The number of aryl methyl sites for hydroxylation is 2. The molecule has 4 heterocycles. The number of rotatable bonds is 2. The van der Waals surface area contributed by atoms with Gasteiger partial charge in [0, 0.05) is 39.1 Å². The predicted molar refractivity (Wildman–Crippen MR) is 159 cm³/mol. The summed E-state index contributed by atoms with van der Waals surface area (Å²) >= 11 is 0. The molecule has 196 valence electrons. The van der Waals surface area contributed by atoms with E-state index >= 15 is 0 Å². The Morgan fingerprint density at radius 3 is 2.21 bits per heavy atom. The number of hydrogen-bond acceptors (Lipinski definition) is 4. The summed E-state index contributed by atoms with van der Waals surface area (Å²) in [6.45, 7) is 15.1. The zero-order chi connectivity index (χ0) is 27.7. The van der Waals surface area contributed by atoms with E-state index in [-0.39, 0.29) is 10.8 Å². The summed E-state index contributed by atoms with van der Waals surface area (Å²) in [5, 5.41) is 3.27. The molecule has 5 nitrogen and oxygen atoms in total. The number of pyridine rings is 2. The summed E-state index contributed by atoms with van der Waals surface area (Å²) in [7, 11) is 2.11. The number of furan rings is 1. The Balaban J connectivity index is 1.57.